The van der Waals surface area contributed by atoms with Crippen LogP contribution in [0.2, 0.25) is 5.02 Å². The van der Waals surface area contributed by atoms with Crippen LogP contribution in [-0.2, 0) is 0 Å². The summed E-state index contributed by atoms with van der Waals surface area (Å²) >= 11 is 6.02. The van der Waals surface area contributed by atoms with E-state index in [1.807, 2.05) is 0 Å². The SMILES string of the molecule is CC(C)CCCCCCNc1ncc(N)cc1Cl. The Labute approximate surface area is 115 Å². The molecule has 0 amide bonds. The molecule has 0 saturated carbocycles. The molecule has 0 fully saturated rings. The highest BCUT2D eigenvalue weighted by Crippen LogP contribution is 2.21. The van der Waals surface area contributed by atoms with E-state index in [1.54, 1.807) is 12.3 Å². The van der Waals surface area contributed by atoms with E-state index in [-0.39, 0.29) is 0 Å². The lowest BCUT2D eigenvalue weighted by Gasteiger charge is -2.08. The van der Waals surface area contributed by atoms with Crippen molar-refractivity contribution in [2.24, 2.45) is 5.92 Å². The molecule has 1 aromatic rings. The summed E-state index contributed by atoms with van der Waals surface area (Å²) in [5.41, 5.74) is 6.18. The number of nitrogen functional groups attached to an aromatic ring is 1. The molecule has 0 atom stereocenters. The fourth-order valence-corrected chi connectivity index (χ4v) is 2.06. The molecule has 0 bridgehead atoms. The molecule has 3 nitrogen and oxygen atoms in total. The molecule has 1 aromatic heterocycles. The molecule has 0 saturated heterocycles. The first-order valence-corrected chi connectivity index (χ1v) is 7.12. The molecule has 0 radical (unpaired) electrons. The highest BCUT2D eigenvalue weighted by atomic mass is 35.5. The fraction of sp³-hybridized carbons (Fsp3) is 0.643. The molecule has 1 heterocycles. The number of rotatable bonds is 8. The molecule has 0 aliphatic carbocycles. The number of nitrogens with two attached hydrogens (primary N) is 1. The number of pyridine rings is 1. The van der Waals surface area contributed by atoms with Crippen LogP contribution in [0.1, 0.15) is 46.0 Å². The van der Waals surface area contributed by atoms with E-state index in [0.717, 1.165) is 24.7 Å². The number of aromatic nitrogens is 1. The van der Waals surface area contributed by atoms with Gasteiger partial charge in [-0.3, -0.25) is 0 Å². The summed E-state index contributed by atoms with van der Waals surface area (Å²) in [5, 5.41) is 3.83. The zero-order valence-corrected chi connectivity index (χ0v) is 12.1. The molecule has 102 valence electrons. The van der Waals surface area contributed by atoms with Crippen molar-refractivity contribution in [3.63, 3.8) is 0 Å². The molecule has 0 aromatic carbocycles. The third-order valence-electron chi connectivity index (χ3n) is 2.86. The second kappa shape index (κ2) is 8.20. The second-order valence-corrected chi connectivity index (χ2v) is 5.53. The van der Waals surface area contributed by atoms with Gasteiger partial charge in [-0.25, -0.2) is 4.98 Å². The van der Waals surface area contributed by atoms with E-state index >= 15 is 0 Å². The molecule has 0 aliphatic rings. The molecular formula is C14H24ClN3. The number of anilines is 2. The first-order chi connectivity index (χ1) is 8.59. The van der Waals surface area contributed by atoms with E-state index in [1.165, 1.54) is 25.7 Å². The number of unbranched alkanes of at least 4 members (excludes halogenated alkanes) is 3. The van der Waals surface area contributed by atoms with Crippen LogP contribution in [0.4, 0.5) is 11.5 Å². The Morgan fingerprint density at radius 2 is 2.00 bits per heavy atom. The average Bonchev–Trinajstić information content (AvgIpc) is 2.30. The zero-order chi connectivity index (χ0) is 13.4. The van der Waals surface area contributed by atoms with Crippen molar-refractivity contribution in [2.45, 2.75) is 46.0 Å². The fourth-order valence-electron chi connectivity index (χ4n) is 1.82. The number of nitrogens with zero attached hydrogens (tertiary/aromatic N) is 1. The third kappa shape index (κ3) is 6.10. The maximum atomic E-state index is 6.02. The van der Waals surface area contributed by atoms with Gasteiger partial charge in [0.2, 0.25) is 0 Å². The zero-order valence-electron chi connectivity index (χ0n) is 11.4. The minimum absolute atomic E-state index is 0.592. The van der Waals surface area contributed by atoms with Gasteiger partial charge in [-0.2, -0.15) is 0 Å². The topological polar surface area (TPSA) is 50.9 Å². The van der Waals surface area contributed by atoms with Crippen molar-refractivity contribution in [2.75, 3.05) is 17.6 Å². The molecule has 1 rings (SSSR count). The van der Waals surface area contributed by atoms with Gasteiger partial charge in [-0.05, 0) is 18.4 Å². The maximum Gasteiger partial charge on any atom is 0.144 e. The van der Waals surface area contributed by atoms with Crippen molar-refractivity contribution >= 4 is 23.1 Å². The average molecular weight is 270 g/mol. The lowest BCUT2D eigenvalue weighted by Crippen LogP contribution is -2.04. The van der Waals surface area contributed by atoms with Gasteiger partial charge in [0.05, 0.1) is 16.9 Å². The van der Waals surface area contributed by atoms with Crippen molar-refractivity contribution in [3.8, 4) is 0 Å². The van der Waals surface area contributed by atoms with Gasteiger partial charge in [0, 0.05) is 6.54 Å². The monoisotopic (exact) mass is 269 g/mol. The summed E-state index contributed by atoms with van der Waals surface area (Å²) in [6.45, 7) is 5.46. The summed E-state index contributed by atoms with van der Waals surface area (Å²) in [6.07, 6.45) is 8.00. The molecule has 0 unspecified atom stereocenters. The Kier molecular flexibility index (Phi) is 6.88. The van der Waals surface area contributed by atoms with Crippen LogP contribution < -0.4 is 11.1 Å². The predicted octanol–water partition coefficient (Wildman–Crippen LogP) is 4.34. The molecule has 4 heteroatoms. The Bertz CT molecular complexity index is 353. The summed E-state index contributed by atoms with van der Waals surface area (Å²) < 4.78 is 0. The molecular weight excluding hydrogens is 246 g/mol. The van der Waals surface area contributed by atoms with E-state index in [4.69, 9.17) is 17.3 Å². The molecule has 0 aliphatic heterocycles. The van der Waals surface area contributed by atoms with E-state index in [2.05, 4.69) is 24.1 Å². The van der Waals surface area contributed by atoms with Gasteiger partial charge in [-0.1, -0.05) is 51.1 Å². The normalized spacial score (nSPS) is 10.9. The maximum absolute atomic E-state index is 6.02. The van der Waals surface area contributed by atoms with Crippen LogP contribution >= 0.6 is 11.6 Å². The lowest BCUT2D eigenvalue weighted by molar-refractivity contribution is 0.523. The van der Waals surface area contributed by atoms with Crippen molar-refractivity contribution in [1.82, 2.24) is 4.98 Å². The van der Waals surface area contributed by atoms with Crippen LogP contribution in [0.25, 0.3) is 0 Å². The van der Waals surface area contributed by atoms with E-state index < -0.39 is 0 Å². The van der Waals surface area contributed by atoms with Gasteiger partial charge in [0.15, 0.2) is 0 Å². The Hall–Kier alpha value is -0.960. The number of hydrogen-bond donors (Lipinski definition) is 2. The summed E-state index contributed by atoms with van der Waals surface area (Å²) in [5.74, 6) is 1.55. The highest BCUT2D eigenvalue weighted by molar-refractivity contribution is 6.33. The van der Waals surface area contributed by atoms with Gasteiger partial charge in [0.25, 0.3) is 0 Å². The first-order valence-electron chi connectivity index (χ1n) is 6.74. The Morgan fingerprint density at radius 1 is 1.28 bits per heavy atom. The summed E-state index contributed by atoms with van der Waals surface area (Å²) in [6, 6.07) is 1.72. The highest BCUT2D eigenvalue weighted by Gasteiger charge is 2.01. The smallest absolute Gasteiger partial charge is 0.144 e. The van der Waals surface area contributed by atoms with Crippen LogP contribution in [0.5, 0.6) is 0 Å². The lowest BCUT2D eigenvalue weighted by atomic mass is 10.0. The van der Waals surface area contributed by atoms with Crippen LogP contribution in [0.3, 0.4) is 0 Å². The van der Waals surface area contributed by atoms with Gasteiger partial charge in [0.1, 0.15) is 5.82 Å². The van der Waals surface area contributed by atoms with Crippen molar-refractivity contribution in [3.05, 3.63) is 17.3 Å². The van der Waals surface area contributed by atoms with Gasteiger partial charge < -0.3 is 11.1 Å². The van der Waals surface area contributed by atoms with Gasteiger partial charge >= 0.3 is 0 Å². The van der Waals surface area contributed by atoms with Crippen LogP contribution in [-0.4, -0.2) is 11.5 Å². The Balaban J connectivity index is 2.11. The van der Waals surface area contributed by atoms with Crippen LogP contribution in [0, 0.1) is 5.92 Å². The Morgan fingerprint density at radius 3 is 2.67 bits per heavy atom. The number of hydrogen-bond acceptors (Lipinski definition) is 3. The molecule has 0 spiro atoms. The molecule has 3 N–H and O–H groups in total. The van der Waals surface area contributed by atoms with Crippen LogP contribution in [0.15, 0.2) is 12.3 Å². The quantitative estimate of drug-likeness (QED) is 0.691. The summed E-state index contributed by atoms with van der Waals surface area (Å²) in [7, 11) is 0. The van der Waals surface area contributed by atoms with E-state index in [0.29, 0.717) is 10.7 Å². The van der Waals surface area contributed by atoms with Crippen molar-refractivity contribution in [1.29, 1.82) is 0 Å². The number of halogens is 1. The standard InChI is InChI=1S/C14H24ClN3/c1-11(2)7-5-3-4-6-8-17-14-13(15)9-12(16)10-18-14/h9-11H,3-8,16H2,1-2H3,(H,17,18). The largest absolute Gasteiger partial charge is 0.397 e. The molecule has 18 heavy (non-hydrogen) atoms. The second-order valence-electron chi connectivity index (χ2n) is 5.12. The predicted molar refractivity (Wildman–Crippen MR) is 80.1 cm³/mol. The van der Waals surface area contributed by atoms with Crippen molar-refractivity contribution < 1.29 is 0 Å². The number of nitrogens with one attached hydrogen (secondary N) is 1. The van der Waals surface area contributed by atoms with E-state index in [9.17, 15) is 0 Å². The van der Waals surface area contributed by atoms with Gasteiger partial charge in [-0.15, -0.1) is 0 Å². The minimum Gasteiger partial charge on any atom is -0.397 e. The minimum atomic E-state index is 0.592. The first kappa shape index (κ1) is 15.1. The summed E-state index contributed by atoms with van der Waals surface area (Å²) in [4.78, 5) is 4.17. The third-order valence-corrected chi connectivity index (χ3v) is 3.15.